The molecule has 2 unspecified atom stereocenters. The second kappa shape index (κ2) is 4.29. The van der Waals surface area contributed by atoms with Crippen LogP contribution in [0.5, 0.6) is 0 Å². The molecule has 2 atom stereocenters. The lowest BCUT2D eigenvalue weighted by atomic mass is 9.70. The molecule has 17 heavy (non-hydrogen) atoms. The minimum atomic E-state index is 0.0255. The third-order valence-electron chi connectivity index (χ3n) is 5.15. The Hall–Kier alpha value is -1.11. The number of carbonyl (C=O) groups excluding carboxylic acids is 1. The Balaban J connectivity index is 0.000000153. The average molecular weight is 230 g/mol. The molecule has 92 valence electrons. The van der Waals surface area contributed by atoms with Crippen LogP contribution in [0.15, 0.2) is 36.4 Å². The maximum Gasteiger partial charge on any atom is 0.139 e. The summed E-state index contributed by atoms with van der Waals surface area (Å²) < 4.78 is 0. The first-order valence-corrected chi connectivity index (χ1v) is 6.52. The second-order valence-corrected chi connectivity index (χ2v) is 6.07. The molecule has 2 fully saturated rings. The van der Waals surface area contributed by atoms with Gasteiger partial charge in [-0.2, -0.15) is 0 Å². The summed E-state index contributed by atoms with van der Waals surface area (Å²) in [5.41, 5.74) is 0.307. The molecule has 1 aromatic carbocycles. The number of benzene rings is 1. The fraction of sp³-hybridized carbons (Fsp3) is 0.562. The minimum absolute atomic E-state index is 0.0255. The Morgan fingerprint density at radius 1 is 1.00 bits per heavy atom. The summed E-state index contributed by atoms with van der Waals surface area (Å²) in [5, 5.41) is 0. The minimum Gasteiger partial charge on any atom is -0.299 e. The van der Waals surface area contributed by atoms with Gasteiger partial charge in [0.2, 0.25) is 0 Å². The van der Waals surface area contributed by atoms with Crippen LogP contribution in [0.3, 0.4) is 0 Å². The van der Waals surface area contributed by atoms with Gasteiger partial charge in [0.1, 0.15) is 5.78 Å². The molecule has 1 aromatic rings. The average Bonchev–Trinajstić information content (AvgIpc) is 2.65. The zero-order valence-electron chi connectivity index (χ0n) is 11.1. The quantitative estimate of drug-likeness (QED) is 0.656. The Kier molecular flexibility index (Phi) is 3.11. The molecule has 0 N–H and O–H groups in total. The molecule has 0 aliphatic heterocycles. The summed E-state index contributed by atoms with van der Waals surface area (Å²) in [6, 6.07) is 12.0. The van der Waals surface area contributed by atoms with Gasteiger partial charge in [-0.3, -0.25) is 4.79 Å². The maximum atomic E-state index is 11.6. The van der Waals surface area contributed by atoms with E-state index in [1.165, 1.54) is 6.42 Å². The van der Waals surface area contributed by atoms with Gasteiger partial charge in [0.05, 0.1) is 0 Å². The number of Topliss-reactive ketones (excluding diaryl/α,β-unsaturated/α-hetero) is 1. The SMILES string of the molecule is CC12CCC(CC1=O)C2(C)C.c1ccccc1. The van der Waals surface area contributed by atoms with Gasteiger partial charge in [0.25, 0.3) is 0 Å². The van der Waals surface area contributed by atoms with E-state index in [9.17, 15) is 4.79 Å². The van der Waals surface area contributed by atoms with E-state index in [0.717, 1.165) is 12.8 Å². The van der Waals surface area contributed by atoms with Crippen LogP contribution in [-0.2, 0) is 4.79 Å². The second-order valence-electron chi connectivity index (χ2n) is 6.07. The van der Waals surface area contributed by atoms with Crippen LogP contribution in [0, 0.1) is 16.7 Å². The number of rotatable bonds is 0. The number of hydrogen-bond donors (Lipinski definition) is 0. The van der Waals surface area contributed by atoms with Crippen molar-refractivity contribution in [2.24, 2.45) is 16.7 Å². The molecule has 0 spiro atoms. The molecule has 2 aliphatic rings. The molecule has 3 rings (SSSR count). The van der Waals surface area contributed by atoms with Crippen LogP contribution < -0.4 is 0 Å². The molecule has 2 saturated carbocycles. The smallest absolute Gasteiger partial charge is 0.139 e. The lowest BCUT2D eigenvalue weighted by Crippen LogP contribution is -2.32. The van der Waals surface area contributed by atoms with Crippen molar-refractivity contribution in [2.45, 2.75) is 40.0 Å². The van der Waals surface area contributed by atoms with E-state index in [2.05, 4.69) is 20.8 Å². The van der Waals surface area contributed by atoms with Crippen molar-refractivity contribution in [1.82, 2.24) is 0 Å². The van der Waals surface area contributed by atoms with Crippen molar-refractivity contribution < 1.29 is 4.79 Å². The van der Waals surface area contributed by atoms with E-state index >= 15 is 0 Å². The van der Waals surface area contributed by atoms with Crippen LogP contribution in [0.2, 0.25) is 0 Å². The molecule has 0 heterocycles. The van der Waals surface area contributed by atoms with Crippen molar-refractivity contribution in [3.63, 3.8) is 0 Å². The van der Waals surface area contributed by atoms with Gasteiger partial charge in [-0.15, -0.1) is 0 Å². The van der Waals surface area contributed by atoms with Crippen molar-refractivity contribution in [3.05, 3.63) is 36.4 Å². The highest BCUT2D eigenvalue weighted by Crippen LogP contribution is 2.63. The zero-order valence-corrected chi connectivity index (χ0v) is 11.1. The third-order valence-corrected chi connectivity index (χ3v) is 5.15. The predicted molar refractivity (Wildman–Crippen MR) is 70.7 cm³/mol. The van der Waals surface area contributed by atoms with Crippen LogP contribution in [0.4, 0.5) is 0 Å². The first-order valence-electron chi connectivity index (χ1n) is 6.52. The third kappa shape index (κ3) is 1.92. The Morgan fingerprint density at radius 3 is 1.65 bits per heavy atom. The predicted octanol–water partition coefficient (Wildman–Crippen LogP) is 4.09. The topological polar surface area (TPSA) is 17.1 Å². The summed E-state index contributed by atoms with van der Waals surface area (Å²) in [5.74, 6) is 1.19. The summed E-state index contributed by atoms with van der Waals surface area (Å²) >= 11 is 0. The van der Waals surface area contributed by atoms with Gasteiger partial charge in [0.15, 0.2) is 0 Å². The number of ketones is 1. The van der Waals surface area contributed by atoms with Crippen molar-refractivity contribution >= 4 is 5.78 Å². The standard InChI is InChI=1S/C10H16O.C6H6/c1-9(2)7-4-5-10(9,3)8(11)6-7;1-2-4-6-5-3-1/h7H,4-6H2,1-3H3;1-6H. The van der Waals surface area contributed by atoms with Crippen LogP contribution >= 0.6 is 0 Å². The van der Waals surface area contributed by atoms with E-state index in [-0.39, 0.29) is 10.8 Å². The van der Waals surface area contributed by atoms with Crippen LogP contribution in [0.1, 0.15) is 40.0 Å². The zero-order chi connectivity index (χ0) is 12.5. The van der Waals surface area contributed by atoms with Gasteiger partial charge in [-0.05, 0) is 24.2 Å². The van der Waals surface area contributed by atoms with Gasteiger partial charge < -0.3 is 0 Å². The Morgan fingerprint density at radius 2 is 1.47 bits per heavy atom. The summed E-state index contributed by atoms with van der Waals surface area (Å²) in [6.07, 6.45) is 3.25. The normalized spacial score (nSPS) is 33.1. The molecule has 0 saturated heterocycles. The number of carbonyl (C=O) groups is 1. The van der Waals surface area contributed by atoms with Gasteiger partial charge in [-0.25, -0.2) is 0 Å². The molecule has 0 amide bonds. The van der Waals surface area contributed by atoms with Crippen LogP contribution in [-0.4, -0.2) is 5.78 Å². The largest absolute Gasteiger partial charge is 0.299 e. The molecule has 2 bridgehead atoms. The lowest BCUT2D eigenvalue weighted by Gasteiger charge is -2.32. The lowest BCUT2D eigenvalue weighted by molar-refractivity contribution is -0.128. The fourth-order valence-corrected chi connectivity index (χ4v) is 3.29. The molecule has 1 nitrogen and oxygen atoms in total. The maximum absolute atomic E-state index is 11.6. The van der Waals surface area contributed by atoms with E-state index in [1.807, 2.05) is 36.4 Å². The number of fused-ring (bicyclic) bond motifs is 2. The van der Waals surface area contributed by atoms with Crippen molar-refractivity contribution in [3.8, 4) is 0 Å². The van der Waals surface area contributed by atoms with Gasteiger partial charge in [-0.1, -0.05) is 57.2 Å². The van der Waals surface area contributed by atoms with E-state index in [1.54, 1.807) is 0 Å². The van der Waals surface area contributed by atoms with Gasteiger partial charge >= 0.3 is 0 Å². The molecule has 2 aliphatic carbocycles. The van der Waals surface area contributed by atoms with E-state index in [4.69, 9.17) is 0 Å². The van der Waals surface area contributed by atoms with Gasteiger partial charge in [0, 0.05) is 11.8 Å². The fourth-order valence-electron chi connectivity index (χ4n) is 3.29. The Labute approximate surface area is 104 Å². The van der Waals surface area contributed by atoms with E-state index < -0.39 is 0 Å². The Bertz CT molecular complexity index is 367. The molecule has 1 heteroatoms. The molecule has 0 radical (unpaired) electrons. The van der Waals surface area contributed by atoms with Crippen molar-refractivity contribution in [1.29, 1.82) is 0 Å². The summed E-state index contributed by atoms with van der Waals surface area (Å²) in [4.78, 5) is 11.6. The van der Waals surface area contributed by atoms with Crippen molar-refractivity contribution in [2.75, 3.05) is 0 Å². The summed E-state index contributed by atoms with van der Waals surface area (Å²) in [6.45, 7) is 6.67. The highest BCUT2D eigenvalue weighted by Gasteiger charge is 2.61. The molecular formula is C16H22O. The first-order chi connectivity index (χ1) is 7.98. The molecular weight excluding hydrogens is 208 g/mol. The van der Waals surface area contributed by atoms with E-state index in [0.29, 0.717) is 11.7 Å². The summed E-state index contributed by atoms with van der Waals surface area (Å²) in [7, 11) is 0. The number of hydrogen-bond acceptors (Lipinski definition) is 1. The monoisotopic (exact) mass is 230 g/mol. The first kappa shape index (κ1) is 12.3. The molecule has 0 aromatic heterocycles. The van der Waals surface area contributed by atoms with Crippen LogP contribution in [0.25, 0.3) is 0 Å². The highest BCUT2D eigenvalue weighted by molar-refractivity contribution is 5.89. The highest BCUT2D eigenvalue weighted by atomic mass is 16.1.